The van der Waals surface area contributed by atoms with Crippen LogP contribution in [0.25, 0.3) is 61.0 Å². The largest absolute Gasteiger partial charge is 0.381 e. The Kier molecular flexibility index (Phi) is 8.77. The SMILES string of the molecule is CC1(C)c2cc3ccccc3cc2-c2c(-c3ccccc3/C(=C/Cc3ccccc3-c3ccc(-c4ccccc4)cc3)NCc3ccccc3)cccc21. The highest BCUT2D eigenvalue weighted by Crippen LogP contribution is 2.53. The lowest BCUT2D eigenvalue weighted by atomic mass is 9.81. The van der Waals surface area contributed by atoms with Crippen molar-refractivity contribution in [1.29, 1.82) is 0 Å². The molecule has 0 atom stereocenters. The monoisotopic (exact) mass is 693 g/mol. The highest BCUT2D eigenvalue weighted by Gasteiger charge is 2.37. The molecule has 0 bridgehead atoms. The van der Waals surface area contributed by atoms with Crippen molar-refractivity contribution in [2.45, 2.75) is 32.2 Å². The van der Waals surface area contributed by atoms with E-state index in [1.165, 1.54) is 83.1 Å². The fourth-order valence-corrected chi connectivity index (χ4v) is 8.39. The van der Waals surface area contributed by atoms with Crippen molar-refractivity contribution >= 4 is 16.5 Å². The minimum Gasteiger partial charge on any atom is -0.381 e. The molecule has 8 aromatic rings. The molecule has 0 saturated carbocycles. The van der Waals surface area contributed by atoms with Gasteiger partial charge in [0.15, 0.2) is 0 Å². The predicted octanol–water partition coefficient (Wildman–Crippen LogP) is 13.5. The number of nitrogens with one attached hydrogen (secondary N) is 1. The van der Waals surface area contributed by atoms with Gasteiger partial charge < -0.3 is 5.32 Å². The Morgan fingerprint density at radius 2 is 1.07 bits per heavy atom. The zero-order valence-electron chi connectivity index (χ0n) is 30.9. The predicted molar refractivity (Wildman–Crippen MR) is 229 cm³/mol. The lowest BCUT2D eigenvalue weighted by Crippen LogP contribution is -2.15. The molecule has 0 spiro atoms. The van der Waals surface area contributed by atoms with Gasteiger partial charge in [0.05, 0.1) is 0 Å². The van der Waals surface area contributed by atoms with Crippen LogP contribution >= 0.6 is 0 Å². The molecule has 0 radical (unpaired) electrons. The average Bonchev–Trinajstić information content (AvgIpc) is 3.46. The molecule has 8 aromatic carbocycles. The molecule has 1 aliphatic carbocycles. The van der Waals surface area contributed by atoms with Crippen molar-refractivity contribution in [3.63, 3.8) is 0 Å². The quantitative estimate of drug-likeness (QED) is 0.159. The summed E-state index contributed by atoms with van der Waals surface area (Å²) < 4.78 is 0. The highest BCUT2D eigenvalue weighted by molar-refractivity contribution is 6.00. The van der Waals surface area contributed by atoms with Crippen molar-refractivity contribution < 1.29 is 0 Å². The second-order valence-electron chi connectivity index (χ2n) is 14.9. The van der Waals surface area contributed by atoms with Crippen LogP contribution in [0, 0.1) is 0 Å². The highest BCUT2D eigenvalue weighted by atomic mass is 14.9. The van der Waals surface area contributed by atoms with Crippen LogP contribution in [0.4, 0.5) is 0 Å². The van der Waals surface area contributed by atoms with Gasteiger partial charge in [-0.1, -0.05) is 196 Å². The molecular weight excluding hydrogens is 651 g/mol. The molecule has 1 nitrogen and oxygen atoms in total. The number of rotatable bonds is 9. The normalized spacial score (nSPS) is 13.0. The third-order valence-corrected chi connectivity index (χ3v) is 11.2. The van der Waals surface area contributed by atoms with Crippen LogP contribution in [0.5, 0.6) is 0 Å². The standard InChI is InChI=1S/C53H43N/c1-53(2)49-27-15-26-47(52(49)48-34-42-21-9-10-22-43(42)35-50(48)53)45-24-13-14-25-46(45)51(54-36-37-16-5-3-6-17-37)33-32-40-20-11-12-23-44(40)41-30-28-39(29-31-41)38-18-7-4-8-19-38/h3-31,33-35,54H,32,36H2,1-2H3/b51-33-. The first-order valence-electron chi connectivity index (χ1n) is 19.0. The fourth-order valence-electron chi connectivity index (χ4n) is 8.39. The number of hydrogen-bond acceptors (Lipinski definition) is 1. The van der Waals surface area contributed by atoms with E-state index in [-0.39, 0.29) is 5.41 Å². The number of benzene rings is 8. The summed E-state index contributed by atoms with van der Waals surface area (Å²) >= 11 is 0. The molecule has 260 valence electrons. The molecule has 1 heteroatoms. The van der Waals surface area contributed by atoms with Crippen molar-refractivity contribution in [3.8, 4) is 44.5 Å². The zero-order chi connectivity index (χ0) is 36.5. The lowest BCUT2D eigenvalue weighted by molar-refractivity contribution is 0.661. The van der Waals surface area contributed by atoms with Gasteiger partial charge in [0.1, 0.15) is 0 Å². The molecule has 1 N–H and O–H groups in total. The second-order valence-corrected chi connectivity index (χ2v) is 14.9. The van der Waals surface area contributed by atoms with E-state index < -0.39 is 0 Å². The number of allylic oxidation sites excluding steroid dienone is 1. The molecule has 1 aliphatic rings. The smallest absolute Gasteiger partial charge is 0.0400 e. The lowest BCUT2D eigenvalue weighted by Gasteiger charge is -2.22. The molecule has 0 saturated heterocycles. The third-order valence-electron chi connectivity index (χ3n) is 11.2. The van der Waals surface area contributed by atoms with Gasteiger partial charge in [-0.05, 0) is 96.1 Å². The Morgan fingerprint density at radius 3 is 1.85 bits per heavy atom. The van der Waals surface area contributed by atoms with Crippen LogP contribution in [0.1, 0.15) is 41.7 Å². The molecular formula is C53H43N. The van der Waals surface area contributed by atoms with E-state index >= 15 is 0 Å². The van der Waals surface area contributed by atoms with Gasteiger partial charge in [0, 0.05) is 23.2 Å². The molecule has 0 unspecified atom stereocenters. The maximum atomic E-state index is 3.91. The van der Waals surface area contributed by atoms with E-state index in [0.717, 1.165) is 18.7 Å². The van der Waals surface area contributed by atoms with Gasteiger partial charge >= 0.3 is 0 Å². The van der Waals surface area contributed by atoms with Gasteiger partial charge in [-0.2, -0.15) is 0 Å². The molecule has 0 fully saturated rings. The molecule has 0 aromatic heterocycles. The average molecular weight is 694 g/mol. The minimum atomic E-state index is -0.104. The summed E-state index contributed by atoms with van der Waals surface area (Å²) in [4.78, 5) is 0. The van der Waals surface area contributed by atoms with Gasteiger partial charge in [-0.15, -0.1) is 0 Å². The van der Waals surface area contributed by atoms with Crippen molar-refractivity contribution in [1.82, 2.24) is 5.32 Å². The first-order chi connectivity index (χ1) is 26.5. The Balaban J connectivity index is 1.14. The number of fused-ring (bicyclic) bond motifs is 4. The van der Waals surface area contributed by atoms with Gasteiger partial charge in [-0.3, -0.25) is 0 Å². The first kappa shape index (κ1) is 33.4. The fraction of sp³-hybridized carbons (Fsp3) is 0.0943. The van der Waals surface area contributed by atoms with Crippen molar-refractivity contribution in [2.24, 2.45) is 0 Å². The van der Waals surface area contributed by atoms with E-state index in [2.05, 4.69) is 213 Å². The Morgan fingerprint density at radius 1 is 0.481 bits per heavy atom. The van der Waals surface area contributed by atoms with Crippen molar-refractivity contribution in [3.05, 3.63) is 222 Å². The van der Waals surface area contributed by atoms with E-state index in [4.69, 9.17) is 0 Å². The van der Waals surface area contributed by atoms with Crippen LogP contribution in [-0.4, -0.2) is 0 Å². The maximum Gasteiger partial charge on any atom is 0.0400 e. The van der Waals surface area contributed by atoms with Crippen molar-refractivity contribution in [2.75, 3.05) is 0 Å². The molecule has 0 amide bonds. The van der Waals surface area contributed by atoms with Gasteiger partial charge in [0.2, 0.25) is 0 Å². The molecule has 0 aliphatic heterocycles. The maximum absolute atomic E-state index is 3.91. The van der Waals surface area contributed by atoms with E-state index in [1.807, 2.05) is 0 Å². The summed E-state index contributed by atoms with van der Waals surface area (Å²) in [5, 5.41) is 6.48. The van der Waals surface area contributed by atoms with Crippen LogP contribution in [-0.2, 0) is 18.4 Å². The third kappa shape index (κ3) is 6.22. The van der Waals surface area contributed by atoms with Gasteiger partial charge in [0.25, 0.3) is 0 Å². The Hall–Kier alpha value is -6.44. The molecule has 9 rings (SSSR count). The van der Waals surface area contributed by atoms with E-state index in [0.29, 0.717) is 0 Å². The van der Waals surface area contributed by atoms with Crippen LogP contribution in [0.2, 0.25) is 0 Å². The van der Waals surface area contributed by atoms with Crippen LogP contribution in [0.15, 0.2) is 194 Å². The van der Waals surface area contributed by atoms with E-state index in [9.17, 15) is 0 Å². The summed E-state index contributed by atoms with van der Waals surface area (Å²) in [5.74, 6) is 0. The Bertz CT molecular complexity index is 2630. The zero-order valence-corrected chi connectivity index (χ0v) is 30.9. The minimum absolute atomic E-state index is 0.104. The summed E-state index contributed by atoms with van der Waals surface area (Å²) in [6.45, 7) is 5.49. The Labute approximate surface area is 319 Å². The molecule has 0 heterocycles. The van der Waals surface area contributed by atoms with Crippen LogP contribution in [0.3, 0.4) is 0 Å². The topological polar surface area (TPSA) is 12.0 Å². The summed E-state index contributed by atoms with van der Waals surface area (Å²) in [6.07, 6.45) is 3.18. The summed E-state index contributed by atoms with van der Waals surface area (Å²) in [6, 6.07) is 68.5. The number of hydrogen-bond donors (Lipinski definition) is 1. The molecule has 54 heavy (non-hydrogen) atoms. The van der Waals surface area contributed by atoms with Crippen LogP contribution < -0.4 is 5.32 Å². The second kappa shape index (κ2) is 14.2. The van der Waals surface area contributed by atoms with E-state index in [1.54, 1.807) is 0 Å². The summed E-state index contributed by atoms with van der Waals surface area (Å²) in [7, 11) is 0. The summed E-state index contributed by atoms with van der Waals surface area (Å²) in [5.41, 5.74) is 17.7. The first-order valence-corrected chi connectivity index (χ1v) is 19.0. The van der Waals surface area contributed by atoms with Gasteiger partial charge in [-0.25, -0.2) is 0 Å².